The molecule has 1 aromatic heterocycles. The molecule has 0 aliphatic rings. The lowest BCUT2D eigenvalue weighted by molar-refractivity contribution is -0.115. The molecule has 0 aliphatic carbocycles. The Morgan fingerprint density at radius 3 is 2.79 bits per heavy atom. The predicted molar refractivity (Wildman–Crippen MR) is 102 cm³/mol. The Labute approximate surface area is 148 Å². The Morgan fingerprint density at radius 1 is 1.21 bits per heavy atom. The van der Waals surface area contributed by atoms with Crippen LogP contribution in [0.4, 0.5) is 10.8 Å². The lowest BCUT2D eigenvalue weighted by atomic mass is 10.1. The van der Waals surface area contributed by atoms with Gasteiger partial charge in [0.15, 0.2) is 4.34 Å². The quantitative estimate of drug-likeness (QED) is 0.645. The van der Waals surface area contributed by atoms with E-state index >= 15 is 0 Å². The molecule has 2 aromatic carbocycles. The fourth-order valence-electron chi connectivity index (χ4n) is 2.20. The van der Waals surface area contributed by atoms with Crippen LogP contribution in [0, 0.1) is 0 Å². The third kappa shape index (κ3) is 4.04. The van der Waals surface area contributed by atoms with E-state index in [9.17, 15) is 4.79 Å². The smallest absolute Gasteiger partial charge is 0.237 e. The average molecular weight is 358 g/mol. The normalized spacial score (nSPS) is 12.1. The van der Waals surface area contributed by atoms with Gasteiger partial charge in [-0.05, 0) is 36.8 Å². The number of amides is 1. The molecule has 1 heterocycles. The van der Waals surface area contributed by atoms with Crippen molar-refractivity contribution in [3.05, 3.63) is 42.5 Å². The molecule has 0 saturated carbocycles. The Morgan fingerprint density at radius 2 is 2.00 bits per heavy atom. The number of rotatable bonds is 6. The number of nitrogens with zero attached hydrogens (tertiary/aromatic N) is 2. The van der Waals surface area contributed by atoms with E-state index in [1.54, 1.807) is 0 Å². The zero-order valence-corrected chi connectivity index (χ0v) is 15.1. The fraction of sp³-hybridized carbons (Fsp3) is 0.235. The van der Waals surface area contributed by atoms with E-state index in [0.29, 0.717) is 0 Å². The van der Waals surface area contributed by atoms with Gasteiger partial charge in [0.2, 0.25) is 11.0 Å². The number of nitrogens with one attached hydrogen (secondary N) is 2. The highest BCUT2D eigenvalue weighted by atomic mass is 32.2. The van der Waals surface area contributed by atoms with Crippen LogP contribution >= 0.6 is 23.1 Å². The topological polar surface area (TPSA) is 66.9 Å². The van der Waals surface area contributed by atoms with Crippen LogP contribution in [0.1, 0.15) is 13.8 Å². The van der Waals surface area contributed by atoms with Gasteiger partial charge < -0.3 is 10.6 Å². The maximum Gasteiger partial charge on any atom is 0.237 e. The molecule has 24 heavy (non-hydrogen) atoms. The highest BCUT2D eigenvalue weighted by Crippen LogP contribution is 2.29. The summed E-state index contributed by atoms with van der Waals surface area (Å²) in [7, 11) is 0. The van der Waals surface area contributed by atoms with E-state index in [-0.39, 0.29) is 11.2 Å². The summed E-state index contributed by atoms with van der Waals surface area (Å²) in [6.45, 7) is 4.68. The van der Waals surface area contributed by atoms with Crippen molar-refractivity contribution in [2.75, 3.05) is 17.2 Å². The Balaban J connectivity index is 1.64. The van der Waals surface area contributed by atoms with Gasteiger partial charge in [-0.15, -0.1) is 10.2 Å². The molecule has 5 nitrogen and oxygen atoms in total. The van der Waals surface area contributed by atoms with E-state index in [2.05, 4.69) is 26.9 Å². The maximum atomic E-state index is 12.4. The highest BCUT2D eigenvalue weighted by molar-refractivity contribution is 8.02. The van der Waals surface area contributed by atoms with Crippen molar-refractivity contribution >= 4 is 50.6 Å². The molecule has 1 atom stereocenters. The van der Waals surface area contributed by atoms with Gasteiger partial charge in [0, 0.05) is 12.2 Å². The van der Waals surface area contributed by atoms with E-state index in [0.717, 1.165) is 32.5 Å². The second-order valence-corrected chi connectivity index (χ2v) is 7.78. The zero-order valence-electron chi connectivity index (χ0n) is 13.4. The molecule has 0 fully saturated rings. The molecule has 124 valence electrons. The van der Waals surface area contributed by atoms with Gasteiger partial charge in [0.25, 0.3) is 0 Å². The van der Waals surface area contributed by atoms with Crippen LogP contribution < -0.4 is 10.6 Å². The lowest BCUT2D eigenvalue weighted by Gasteiger charge is -2.11. The van der Waals surface area contributed by atoms with E-state index in [1.165, 1.54) is 23.1 Å². The summed E-state index contributed by atoms with van der Waals surface area (Å²) in [6, 6.07) is 14.0. The largest absolute Gasteiger partial charge is 0.360 e. The van der Waals surface area contributed by atoms with E-state index in [1.807, 2.05) is 50.2 Å². The third-order valence-electron chi connectivity index (χ3n) is 3.40. The van der Waals surface area contributed by atoms with Crippen LogP contribution in [-0.4, -0.2) is 27.9 Å². The molecule has 3 aromatic rings. The Bertz CT molecular complexity index is 849. The van der Waals surface area contributed by atoms with Crippen molar-refractivity contribution < 1.29 is 4.79 Å². The Kier molecular flexibility index (Phi) is 5.32. The molecule has 1 amide bonds. The van der Waals surface area contributed by atoms with Crippen LogP contribution in [0.15, 0.2) is 46.8 Å². The second-order valence-electron chi connectivity index (χ2n) is 5.21. The monoisotopic (exact) mass is 358 g/mol. The molecule has 0 saturated heterocycles. The molecule has 0 bridgehead atoms. The zero-order chi connectivity index (χ0) is 16.9. The minimum Gasteiger partial charge on any atom is -0.360 e. The second kappa shape index (κ2) is 7.63. The first-order chi connectivity index (χ1) is 11.7. The van der Waals surface area contributed by atoms with Crippen LogP contribution in [-0.2, 0) is 4.79 Å². The maximum absolute atomic E-state index is 12.4. The molecule has 3 rings (SSSR count). The number of benzene rings is 2. The Hall–Kier alpha value is -2.12. The summed E-state index contributed by atoms with van der Waals surface area (Å²) >= 11 is 2.88. The molecule has 0 spiro atoms. The van der Waals surface area contributed by atoms with Crippen molar-refractivity contribution in [2.24, 2.45) is 0 Å². The van der Waals surface area contributed by atoms with Gasteiger partial charge in [0.1, 0.15) is 0 Å². The SMILES string of the molecule is CCNc1nnc(SC(C)C(=O)Nc2ccc3ccccc3c2)s1. The molecular formula is C17H18N4OS2. The van der Waals surface area contributed by atoms with Crippen molar-refractivity contribution in [3.63, 3.8) is 0 Å². The number of aromatic nitrogens is 2. The summed E-state index contributed by atoms with van der Waals surface area (Å²) in [4.78, 5) is 12.4. The van der Waals surface area contributed by atoms with E-state index in [4.69, 9.17) is 0 Å². The number of fused-ring (bicyclic) bond motifs is 1. The fourth-order valence-corrected chi connectivity index (χ4v) is 4.16. The summed E-state index contributed by atoms with van der Waals surface area (Å²) in [5, 5.41) is 17.0. The summed E-state index contributed by atoms with van der Waals surface area (Å²) < 4.78 is 0.784. The van der Waals surface area contributed by atoms with Crippen molar-refractivity contribution in [1.82, 2.24) is 10.2 Å². The van der Waals surface area contributed by atoms with Crippen molar-refractivity contribution in [3.8, 4) is 0 Å². The van der Waals surface area contributed by atoms with Gasteiger partial charge in [0.05, 0.1) is 5.25 Å². The first-order valence-corrected chi connectivity index (χ1v) is 9.39. The average Bonchev–Trinajstić information content (AvgIpc) is 3.02. The highest BCUT2D eigenvalue weighted by Gasteiger charge is 2.17. The number of hydrogen-bond donors (Lipinski definition) is 2. The molecular weight excluding hydrogens is 340 g/mol. The lowest BCUT2D eigenvalue weighted by Crippen LogP contribution is -2.22. The standard InChI is InChI=1S/C17H18N4OS2/c1-3-18-16-20-21-17(24-16)23-11(2)15(22)19-14-9-8-12-6-4-5-7-13(12)10-14/h4-11H,3H2,1-2H3,(H,18,20)(H,19,22). The van der Waals surface area contributed by atoms with Crippen molar-refractivity contribution in [1.29, 1.82) is 0 Å². The van der Waals surface area contributed by atoms with Gasteiger partial charge in [-0.3, -0.25) is 4.79 Å². The van der Waals surface area contributed by atoms with Crippen LogP contribution in [0.3, 0.4) is 0 Å². The van der Waals surface area contributed by atoms with Gasteiger partial charge >= 0.3 is 0 Å². The predicted octanol–water partition coefficient (Wildman–Crippen LogP) is 4.24. The third-order valence-corrected chi connectivity index (χ3v) is 5.46. The molecule has 0 aliphatic heterocycles. The molecule has 7 heteroatoms. The summed E-state index contributed by atoms with van der Waals surface area (Å²) in [5.41, 5.74) is 0.803. The van der Waals surface area contributed by atoms with Gasteiger partial charge in [-0.25, -0.2) is 0 Å². The molecule has 1 unspecified atom stereocenters. The van der Waals surface area contributed by atoms with E-state index < -0.39 is 0 Å². The number of anilines is 2. The van der Waals surface area contributed by atoms with Crippen LogP contribution in [0.25, 0.3) is 10.8 Å². The number of carbonyl (C=O) groups excluding carboxylic acids is 1. The van der Waals surface area contributed by atoms with Gasteiger partial charge in [-0.2, -0.15) is 0 Å². The van der Waals surface area contributed by atoms with Crippen LogP contribution in [0.5, 0.6) is 0 Å². The van der Waals surface area contributed by atoms with Gasteiger partial charge in [-0.1, -0.05) is 53.4 Å². The number of carbonyl (C=O) groups is 1. The summed E-state index contributed by atoms with van der Waals surface area (Å²) in [5.74, 6) is -0.0459. The minimum atomic E-state index is -0.251. The van der Waals surface area contributed by atoms with Crippen LogP contribution in [0.2, 0.25) is 0 Å². The minimum absolute atomic E-state index is 0.0459. The number of thioether (sulfide) groups is 1. The van der Waals surface area contributed by atoms with Crippen molar-refractivity contribution in [2.45, 2.75) is 23.4 Å². The first-order valence-electron chi connectivity index (χ1n) is 7.69. The molecule has 0 radical (unpaired) electrons. The number of hydrogen-bond acceptors (Lipinski definition) is 6. The summed E-state index contributed by atoms with van der Waals surface area (Å²) in [6.07, 6.45) is 0. The molecule has 2 N–H and O–H groups in total. The first kappa shape index (κ1) is 16.7.